The van der Waals surface area contributed by atoms with Crippen LogP contribution in [0, 0.1) is 22.7 Å². The van der Waals surface area contributed by atoms with Crippen LogP contribution in [0.3, 0.4) is 0 Å². The fourth-order valence-electron chi connectivity index (χ4n) is 1.63. The Morgan fingerprint density at radius 1 is 1.22 bits per heavy atom. The Kier molecular flexibility index (Phi) is 3.17. The van der Waals surface area contributed by atoms with Crippen molar-refractivity contribution >= 4 is 0 Å². The standard InChI is InChI=1S/C13H8N4O/c14-6-8-17-12(11-3-1-2-7-16-11)5-4-10(9-15)13(17)18/h1-5,7H,8H2. The second kappa shape index (κ2) is 4.94. The highest BCUT2D eigenvalue weighted by Crippen LogP contribution is 2.14. The third kappa shape index (κ3) is 1.98. The summed E-state index contributed by atoms with van der Waals surface area (Å²) in [5, 5.41) is 17.6. The molecule has 0 amide bonds. The molecule has 0 bridgehead atoms. The van der Waals surface area contributed by atoms with Gasteiger partial charge in [-0.2, -0.15) is 10.5 Å². The van der Waals surface area contributed by atoms with Gasteiger partial charge in [-0.1, -0.05) is 6.07 Å². The SMILES string of the molecule is N#CCn1c(-c2ccccn2)ccc(C#N)c1=O. The van der Waals surface area contributed by atoms with Crippen LogP contribution in [0.5, 0.6) is 0 Å². The summed E-state index contributed by atoms with van der Waals surface area (Å²) in [4.78, 5) is 16.1. The lowest BCUT2D eigenvalue weighted by molar-refractivity contribution is 0.791. The van der Waals surface area contributed by atoms with E-state index in [4.69, 9.17) is 10.5 Å². The van der Waals surface area contributed by atoms with Crippen LogP contribution in [0.2, 0.25) is 0 Å². The minimum atomic E-state index is -0.470. The molecule has 0 aliphatic carbocycles. The molecule has 0 atom stereocenters. The normalized spacial score (nSPS) is 9.44. The Balaban J connectivity index is 2.71. The van der Waals surface area contributed by atoms with Gasteiger partial charge in [0.05, 0.1) is 17.5 Å². The summed E-state index contributed by atoms with van der Waals surface area (Å²) in [5.41, 5.74) is 0.669. The number of pyridine rings is 2. The molecule has 0 saturated heterocycles. The lowest BCUT2D eigenvalue weighted by atomic mass is 10.2. The summed E-state index contributed by atoms with van der Waals surface area (Å²) < 4.78 is 1.25. The maximum atomic E-state index is 11.9. The van der Waals surface area contributed by atoms with Crippen molar-refractivity contribution in [3.05, 3.63) is 52.4 Å². The van der Waals surface area contributed by atoms with Gasteiger partial charge in [-0.05, 0) is 24.3 Å². The highest BCUT2D eigenvalue weighted by atomic mass is 16.1. The lowest BCUT2D eigenvalue weighted by Gasteiger charge is -2.09. The maximum Gasteiger partial charge on any atom is 0.269 e. The first-order chi connectivity index (χ1) is 8.77. The van der Waals surface area contributed by atoms with Gasteiger partial charge in [0, 0.05) is 6.20 Å². The molecular formula is C13H8N4O. The molecule has 0 unspecified atom stereocenters. The molecule has 2 aromatic rings. The van der Waals surface area contributed by atoms with E-state index < -0.39 is 5.56 Å². The number of nitrogens with zero attached hydrogens (tertiary/aromatic N) is 4. The van der Waals surface area contributed by atoms with Gasteiger partial charge in [-0.25, -0.2) is 0 Å². The first-order valence-electron chi connectivity index (χ1n) is 5.20. The minimum Gasteiger partial charge on any atom is -0.292 e. The Morgan fingerprint density at radius 3 is 2.67 bits per heavy atom. The fourth-order valence-corrected chi connectivity index (χ4v) is 1.63. The van der Waals surface area contributed by atoms with Crippen molar-refractivity contribution in [1.82, 2.24) is 9.55 Å². The minimum absolute atomic E-state index is 0.0185. The second-order valence-electron chi connectivity index (χ2n) is 3.51. The van der Waals surface area contributed by atoms with Gasteiger partial charge in [0.1, 0.15) is 18.2 Å². The van der Waals surface area contributed by atoms with Crippen LogP contribution < -0.4 is 5.56 Å². The van der Waals surface area contributed by atoms with Crippen LogP contribution in [0.4, 0.5) is 0 Å². The Morgan fingerprint density at radius 2 is 2.06 bits per heavy atom. The predicted octanol–water partition coefficient (Wildman–Crippen LogP) is 1.31. The molecule has 2 rings (SSSR count). The molecule has 0 saturated carbocycles. The van der Waals surface area contributed by atoms with E-state index >= 15 is 0 Å². The molecule has 2 aromatic heterocycles. The summed E-state index contributed by atoms with van der Waals surface area (Å²) in [6.45, 7) is -0.111. The van der Waals surface area contributed by atoms with Gasteiger partial charge in [0.2, 0.25) is 0 Å². The Labute approximate surface area is 103 Å². The molecule has 0 aromatic carbocycles. The van der Waals surface area contributed by atoms with Gasteiger partial charge in [0.25, 0.3) is 5.56 Å². The third-order valence-corrected chi connectivity index (χ3v) is 2.45. The monoisotopic (exact) mass is 236 g/mol. The number of hydrogen-bond donors (Lipinski definition) is 0. The summed E-state index contributed by atoms with van der Waals surface area (Å²) in [5.74, 6) is 0. The molecule has 0 radical (unpaired) electrons. The zero-order chi connectivity index (χ0) is 13.0. The van der Waals surface area contributed by atoms with Crippen LogP contribution in [0.25, 0.3) is 11.4 Å². The van der Waals surface area contributed by atoms with E-state index in [-0.39, 0.29) is 12.1 Å². The summed E-state index contributed by atoms with van der Waals surface area (Å²) in [6, 6.07) is 12.1. The number of aromatic nitrogens is 2. The average molecular weight is 236 g/mol. The van der Waals surface area contributed by atoms with Crippen molar-refractivity contribution in [3.63, 3.8) is 0 Å². The van der Waals surface area contributed by atoms with Crippen LogP contribution in [-0.2, 0) is 6.54 Å². The van der Waals surface area contributed by atoms with Gasteiger partial charge in [-0.3, -0.25) is 14.3 Å². The van der Waals surface area contributed by atoms with Crippen LogP contribution in [0.15, 0.2) is 41.3 Å². The molecule has 0 fully saturated rings. The summed E-state index contributed by atoms with van der Waals surface area (Å²) >= 11 is 0. The number of rotatable bonds is 2. The van der Waals surface area contributed by atoms with E-state index in [9.17, 15) is 4.79 Å². The summed E-state index contributed by atoms with van der Waals surface area (Å²) in [6.07, 6.45) is 1.61. The topological polar surface area (TPSA) is 82.5 Å². The predicted molar refractivity (Wildman–Crippen MR) is 64.3 cm³/mol. The molecule has 2 heterocycles. The summed E-state index contributed by atoms with van der Waals surface area (Å²) in [7, 11) is 0. The first-order valence-corrected chi connectivity index (χ1v) is 5.20. The molecule has 86 valence electrons. The second-order valence-corrected chi connectivity index (χ2v) is 3.51. The van der Waals surface area contributed by atoms with Gasteiger partial charge >= 0.3 is 0 Å². The number of hydrogen-bond acceptors (Lipinski definition) is 4. The van der Waals surface area contributed by atoms with Crippen LogP contribution >= 0.6 is 0 Å². The number of nitriles is 2. The van der Waals surface area contributed by atoms with E-state index in [1.54, 1.807) is 30.5 Å². The van der Waals surface area contributed by atoms with E-state index in [2.05, 4.69) is 4.98 Å². The molecule has 0 aliphatic rings. The molecule has 0 spiro atoms. The Hall–Kier alpha value is -2.92. The van der Waals surface area contributed by atoms with Crippen molar-refractivity contribution in [3.8, 4) is 23.5 Å². The van der Waals surface area contributed by atoms with E-state index in [1.807, 2.05) is 12.1 Å². The molecule has 18 heavy (non-hydrogen) atoms. The molecule has 0 aliphatic heterocycles. The zero-order valence-electron chi connectivity index (χ0n) is 9.37. The van der Waals surface area contributed by atoms with Crippen molar-refractivity contribution in [2.45, 2.75) is 6.54 Å². The maximum absolute atomic E-state index is 11.9. The van der Waals surface area contributed by atoms with Crippen molar-refractivity contribution in [2.24, 2.45) is 0 Å². The quantitative estimate of drug-likeness (QED) is 0.786. The molecule has 0 N–H and O–H groups in total. The van der Waals surface area contributed by atoms with Gasteiger partial charge in [0.15, 0.2) is 0 Å². The van der Waals surface area contributed by atoms with Crippen molar-refractivity contribution in [2.75, 3.05) is 0 Å². The lowest BCUT2D eigenvalue weighted by Crippen LogP contribution is -2.23. The smallest absolute Gasteiger partial charge is 0.269 e. The Bertz CT molecular complexity index is 704. The average Bonchev–Trinajstić information content (AvgIpc) is 2.42. The van der Waals surface area contributed by atoms with Crippen LogP contribution in [0.1, 0.15) is 5.56 Å². The van der Waals surface area contributed by atoms with Gasteiger partial charge < -0.3 is 0 Å². The highest BCUT2D eigenvalue weighted by molar-refractivity contribution is 5.55. The van der Waals surface area contributed by atoms with Crippen molar-refractivity contribution < 1.29 is 0 Å². The third-order valence-electron chi connectivity index (χ3n) is 2.45. The zero-order valence-corrected chi connectivity index (χ0v) is 9.37. The van der Waals surface area contributed by atoms with Crippen molar-refractivity contribution in [1.29, 1.82) is 10.5 Å². The van der Waals surface area contributed by atoms with E-state index in [1.165, 1.54) is 10.6 Å². The first kappa shape index (κ1) is 11.6. The van der Waals surface area contributed by atoms with Crippen LogP contribution in [-0.4, -0.2) is 9.55 Å². The molecular weight excluding hydrogens is 228 g/mol. The highest BCUT2D eigenvalue weighted by Gasteiger charge is 2.10. The van der Waals surface area contributed by atoms with Gasteiger partial charge in [-0.15, -0.1) is 0 Å². The van der Waals surface area contributed by atoms with E-state index in [0.29, 0.717) is 11.4 Å². The fraction of sp³-hybridized carbons (Fsp3) is 0.0769. The molecule has 5 heteroatoms. The van der Waals surface area contributed by atoms with E-state index in [0.717, 1.165) is 0 Å². The molecule has 5 nitrogen and oxygen atoms in total. The largest absolute Gasteiger partial charge is 0.292 e.